The van der Waals surface area contributed by atoms with E-state index in [1.807, 2.05) is 6.07 Å². The molecule has 0 amide bonds. The second-order valence-electron chi connectivity index (χ2n) is 5.78. The number of ether oxygens (including phenoxy) is 1. The van der Waals surface area contributed by atoms with Crippen molar-refractivity contribution in [1.82, 2.24) is 15.2 Å². The lowest BCUT2D eigenvalue weighted by molar-refractivity contribution is 0.191. The SMILES string of the molecule is CC(C)c1nc2ccc(OCCN3CCNCC3)cc2s1. The van der Waals surface area contributed by atoms with E-state index < -0.39 is 0 Å². The van der Waals surface area contributed by atoms with Crippen LogP contribution in [0.25, 0.3) is 10.2 Å². The molecule has 2 aromatic rings. The Kier molecular flexibility index (Phi) is 4.73. The molecule has 0 aliphatic carbocycles. The third kappa shape index (κ3) is 3.73. The first-order valence-electron chi connectivity index (χ1n) is 7.69. The highest BCUT2D eigenvalue weighted by atomic mass is 32.1. The lowest BCUT2D eigenvalue weighted by atomic mass is 10.2. The van der Waals surface area contributed by atoms with Gasteiger partial charge >= 0.3 is 0 Å². The molecule has 1 saturated heterocycles. The number of benzene rings is 1. The Bertz CT molecular complexity index is 590. The molecule has 2 heterocycles. The first-order chi connectivity index (χ1) is 10.2. The molecule has 5 heteroatoms. The second-order valence-corrected chi connectivity index (χ2v) is 6.84. The fraction of sp³-hybridized carbons (Fsp3) is 0.562. The van der Waals surface area contributed by atoms with E-state index in [0.717, 1.165) is 50.6 Å². The van der Waals surface area contributed by atoms with Gasteiger partial charge in [-0.1, -0.05) is 13.8 Å². The number of hydrogen-bond donors (Lipinski definition) is 1. The summed E-state index contributed by atoms with van der Waals surface area (Å²) in [5.41, 5.74) is 1.08. The van der Waals surface area contributed by atoms with Crippen LogP contribution in [0.5, 0.6) is 5.75 Å². The minimum absolute atomic E-state index is 0.486. The number of fused-ring (bicyclic) bond motifs is 1. The number of rotatable bonds is 5. The van der Waals surface area contributed by atoms with Crippen LogP contribution in [0.2, 0.25) is 0 Å². The van der Waals surface area contributed by atoms with Crippen molar-refractivity contribution in [2.75, 3.05) is 39.3 Å². The highest BCUT2D eigenvalue weighted by Crippen LogP contribution is 2.29. The fourth-order valence-electron chi connectivity index (χ4n) is 2.49. The van der Waals surface area contributed by atoms with E-state index in [-0.39, 0.29) is 0 Å². The van der Waals surface area contributed by atoms with Gasteiger partial charge in [0.2, 0.25) is 0 Å². The Hall–Kier alpha value is -1.17. The van der Waals surface area contributed by atoms with E-state index >= 15 is 0 Å². The molecule has 0 bridgehead atoms. The van der Waals surface area contributed by atoms with Crippen molar-refractivity contribution >= 4 is 21.6 Å². The summed E-state index contributed by atoms with van der Waals surface area (Å²) < 4.78 is 7.12. The first kappa shape index (κ1) is 14.8. The van der Waals surface area contributed by atoms with Crippen molar-refractivity contribution in [3.8, 4) is 5.75 Å². The number of hydrogen-bond acceptors (Lipinski definition) is 5. The van der Waals surface area contributed by atoms with Crippen LogP contribution in [-0.4, -0.2) is 49.2 Å². The molecule has 114 valence electrons. The van der Waals surface area contributed by atoms with Gasteiger partial charge in [0.25, 0.3) is 0 Å². The molecular weight excluding hydrogens is 282 g/mol. The van der Waals surface area contributed by atoms with Crippen molar-refractivity contribution in [2.45, 2.75) is 19.8 Å². The van der Waals surface area contributed by atoms with Gasteiger partial charge in [0.15, 0.2) is 0 Å². The van der Waals surface area contributed by atoms with Crippen molar-refractivity contribution in [1.29, 1.82) is 0 Å². The van der Waals surface area contributed by atoms with E-state index in [2.05, 4.69) is 41.2 Å². The fourth-order valence-corrected chi connectivity index (χ4v) is 3.49. The van der Waals surface area contributed by atoms with Gasteiger partial charge in [-0.2, -0.15) is 0 Å². The molecule has 0 unspecified atom stereocenters. The van der Waals surface area contributed by atoms with E-state index in [0.29, 0.717) is 5.92 Å². The summed E-state index contributed by atoms with van der Waals surface area (Å²) in [6.45, 7) is 10.5. The Labute approximate surface area is 130 Å². The van der Waals surface area contributed by atoms with E-state index in [1.165, 1.54) is 9.71 Å². The maximum atomic E-state index is 5.90. The number of nitrogens with zero attached hydrogens (tertiary/aromatic N) is 2. The van der Waals surface area contributed by atoms with Crippen LogP contribution in [0.1, 0.15) is 24.8 Å². The highest BCUT2D eigenvalue weighted by Gasteiger charge is 2.10. The number of nitrogens with one attached hydrogen (secondary N) is 1. The smallest absolute Gasteiger partial charge is 0.120 e. The standard InChI is InChI=1S/C16H23N3OS/c1-12(2)16-18-14-4-3-13(11-15(14)21-16)20-10-9-19-7-5-17-6-8-19/h3-4,11-12,17H,5-10H2,1-2H3. The average Bonchev–Trinajstić information content (AvgIpc) is 2.92. The third-order valence-electron chi connectivity index (χ3n) is 3.76. The van der Waals surface area contributed by atoms with Gasteiger partial charge in [-0.3, -0.25) is 4.90 Å². The normalized spacial score (nSPS) is 16.7. The van der Waals surface area contributed by atoms with E-state index in [1.54, 1.807) is 11.3 Å². The quantitative estimate of drug-likeness (QED) is 0.921. The summed E-state index contributed by atoms with van der Waals surface area (Å²) in [5, 5.41) is 4.56. The Morgan fingerprint density at radius 1 is 1.33 bits per heavy atom. The molecule has 3 rings (SSSR count). The molecule has 0 atom stereocenters. The van der Waals surface area contributed by atoms with Crippen LogP contribution in [0.4, 0.5) is 0 Å². The van der Waals surface area contributed by atoms with Gasteiger partial charge in [0.1, 0.15) is 12.4 Å². The molecule has 1 aliphatic heterocycles. The van der Waals surface area contributed by atoms with Crippen LogP contribution < -0.4 is 10.1 Å². The maximum Gasteiger partial charge on any atom is 0.120 e. The molecule has 0 saturated carbocycles. The minimum Gasteiger partial charge on any atom is -0.492 e. The highest BCUT2D eigenvalue weighted by molar-refractivity contribution is 7.18. The molecule has 1 aromatic heterocycles. The molecular formula is C16H23N3OS. The topological polar surface area (TPSA) is 37.4 Å². The predicted octanol–water partition coefficient (Wildman–Crippen LogP) is 2.70. The summed E-state index contributed by atoms with van der Waals surface area (Å²) in [6, 6.07) is 6.22. The zero-order chi connectivity index (χ0) is 14.7. The summed E-state index contributed by atoms with van der Waals surface area (Å²) in [5.74, 6) is 1.44. The number of piperazine rings is 1. The Balaban J connectivity index is 1.58. The van der Waals surface area contributed by atoms with Crippen molar-refractivity contribution in [3.63, 3.8) is 0 Å². The first-order valence-corrected chi connectivity index (χ1v) is 8.50. The predicted molar refractivity (Wildman–Crippen MR) is 88.5 cm³/mol. The Morgan fingerprint density at radius 3 is 2.90 bits per heavy atom. The minimum atomic E-state index is 0.486. The van der Waals surface area contributed by atoms with Gasteiger partial charge < -0.3 is 10.1 Å². The van der Waals surface area contributed by atoms with Gasteiger partial charge in [-0.25, -0.2) is 4.98 Å². The van der Waals surface area contributed by atoms with Crippen LogP contribution in [0.3, 0.4) is 0 Å². The lowest BCUT2D eigenvalue weighted by Crippen LogP contribution is -2.44. The van der Waals surface area contributed by atoms with Gasteiger partial charge in [-0.15, -0.1) is 11.3 Å². The molecule has 1 aliphatic rings. The summed E-state index contributed by atoms with van der Waals surface area (Å²) in [7, 11) is 0. The maximum absolute atomic E-state index is 5.90. The average molecular weight is 305 g/mol. The molecule has 1 aromatic carbocycles. The van der Waals surface area contributed by atoms with Crippen LogP contribution in [0, 0.1) is 0 Å². The third-order valence-corrected chi connectivity index (χ3v) is 5.07. The molecule has 1 fully saturated rings. The van der Waals surface area contributed by atoms with Crippen LogP contribution in [0.15, 0.2) is 18.2 Å². The van der Waals surface area contributed by atoms with E-state index in [4.69, 9.17) is 4.74 Å². The van der Waals surface area contributed by atoms with Crippen LogP contribution >= 0.6 is 11.3 Å². The molecule has 4 nitrogen and oxygen atoms in total. The number of thiazole rings is 1. The molecule has 1 N–H and O–H groups in total. The van der Waals surface area contributed by atoms with E-state index in [9.17, 15) is 0 Å². The van der Waals surface area contributed by atoms with Crippen molar-refractivity contribution < 1.29 is 4.74 Å². The Morgan fingerprint density at radius 2 is 2.14 bits per heavy atom. The van der Waals surface area contributed by atoms with Gasteiger partial charge in [-0.05, 0) is 18.2 Å². The zero-order valence-corrected chi connectivity index (χ0v) is 13.6. The zero-order valence-electron chi connectivity index (χ0n) is 12.8. The molecule has 0 spiro atoms. The summed E-state index contributed by atoms with van der Waals surface area (Å²) in [4.78, 5) is 7.10. The lowest BCUT2D eigenvalue weighted by Gasteiger charge is -2.26. The molecule has 21 heavy (non-hydrogen) atoms. The van der Waals surface area contributed by atoms with Gasteiger partial charge in [0.05, 0.1) is 15.2 Å². The summed E-state index contributed by atoms with van der Waals surface area (Å²) in [6.07, 6.45) is 0. The van der Waals surface area contributed by atoms with Crippen molar-refractivity contribution in [2.24, 2.45) is 0 Å². The monoisotopic (exact) mass is 305 g/mol. The van der Waals surface area contributed by atoms with Gasteiger partial charge in [0, 0.05) is 38.6 Å². The van der Waals surface area contributed by atoms with Crippen LogP contribution in [-0.2, 0) is 0 Å². The summed E-state index contributed by atoms with van der Waals surface area (Å²) >= 11 is 1.77. The van der Waals surface area contributed by atoms with Crippen molar-refractivity contribution in [3.05, 3.63) is 23.2 Å². The molecule has 0 radical (unpaired) electrons. The largest absolute Gasteiger partial charge is 0.492 e. The number of aromatic nitrogens is 1. The second kappa shape index (κ2) is 6.73.